The van der Waals surface area contributed by atoms with Gasteiger partial charge in [-0.05, 0) is 36.2 Å². The van der Waals surface area contributed by atoms with Crippen molar-refractivity contribution < 1.29 is 4.39 Å². The molecule has 1 N–H and O–H groups in total. The van der Waals surface area contributed by atoms with E-state index in [0.717, 1.165) is 16.8 Å². The molecule has 4 heteroatoms. The van der Waals surface area contributed by atoms with Gasteiger partial charge in [-0.1, -0.05) is 23.7 Å². The number of halogens is 2. The molecule has 2 nitrogen and oxygen atoms in total. The van der Waals surface area contributed by atoms with Crippen molar-refractivity contribution in [1.29, 1.82) is 0 Å². The van der Waals surface area contributed by atoms with Crippen molar-refractivity contribution in [3.63, 3.8) is 0 Å². The zero-order chi connectivity index (χ0) is 13.0. The Morgan fingerprint density at radius 3 is 2.72 bits per heavy atom. The van der Waals surface area contributed by atoms with E-state index < -0.39 is 0 Å². The molecule has 18 heavy (non-hydrogen) atoms. The van der Waals surface area contributed by atoms with Crippen LogP contribution in [0.1, 0.15) is 16.8 Å². The minimum atomic E-state index is -0.313. The molecule has 0 bridgehead atoms. The van der Waals surface area contributed by atoms with E-state index >= 15 is 0 Å². The largest absolute Gasteiger partial charge is 0.309 e. The normalized spacial score (nSPS) is 10.6. The van der Waals surface area contributed by atoms with E-state index in [1.165, 1.54) is 12.1 Å². The third kappa shape index (κ3) is 3.52. The fraction of sp³-hybridized carbons (Fsp3) is 0.214. The molecular weight excluding hydrogens is 251 g/mol. The predicted molar refractivity (Wildman–Crippen MR) is 70.9 cm³/mol. The number of nitrogens with one attached hydrogen (secondary N) is 1. The fourth-order valence-electron chi connectivity index (χ4n) is 1.61. The highest BCUT2D eigenvalue weighted by atomic mass is 35.5. The molecule has 1 aromatic heterocycles. The summed E-state index contributed by atoms with van der Waals surface area (Å²) in [6.45, 7) is 3.27. The lowest BCUT2D eigenvalue weighted by Crippen LogP contribution is -2.13. The lowest BCUT2D eigenvalue weighted by atomic mass is 10.2. The van der Waals surface area contributed by atoms with Crippen molar-refractivity contribution in [2.24, 2.45) is 0 Å². The zero-order valence-corrected chi connectivity index (χ0v) is 10.8. The van der Waals surface area contributed by atoms with Crippen LogP contribution in [-0.4, -0.2) is 4.98 Å². The molecule has 0 aliphatic heterocycles. The van der Waals surface area contributed by atoms with Gasteiger partial charge in [0.15, 0.2) is 0 Å². The van der Waals surface area contributed by atoms with Crippen LogP contribution >= 0.6 is 11.6 Å². The molecule has 0 radical (unpaired) electrons. The van der Waals surface area contributed by atoms with Crippen LogP contribution in [0.2, 0.25) is 5.02 Å². The highest BCUT2D eigenvalue weighted by Gasteiger charge is 2.01. The Morgan fingerprint density at radius 1 is 1.22 bits per heavy atom. The van der Waals surface area contributed by atoms with Gasteiger partial charge in [0.2, 0.25) is 0 Å². The minimum absolute atomic E-state index is 0.313. The second-order valence-electron chi connectivity index (χ2n) is 4.15. The molecule has 1 aromatic carbocycles. The molecule has 0 unspecified atom stereocenters. The van der Waals surface area contributed by atoms with E-state index in [1.54, 1.807) is 6.07 Å². The van der Waals surface area contributed by atoms with Crippen molar-refractivity contribution in [1.82, 2.24) is 10.3 Å². The quantitative estimate of drug-likeness (QED) is 0.915. The smallest absolute Gasteiger partial charge is 0.124 e. The van der Waals surface area contributed by atoms with Crippen LogP contribution in [-0.2, 0) is 13.1 Å². The maximum absolute atomic E-state index is 12.9. The molecule has 2 rings (SSSR count). The number of hydrogen-bond acceptors (Lipinski definition) is 2. The van der Waals surface area contributed by atoms with Crippen LogP contribution in [0.15, 0.2) is 36.5 Å². The molecule has 94 valence electrons. The molecule has 0 aliphatic rings. The van der Waals surface area contributed by atoms with E-state index in [4.69, 9.17) is 11.6 Å². The monoisotopic (exact) mass is 264 g/mol. The molecule has 0 atom stereocenters. The topological polar surface area (TPSA) is 24.9 Å². The lowest BCUT2D eigenvalue weighted by Gasteiger charge is -2.07. The van der Waals surface area contributed by atoms with Crippen molar-refractivity contribution in [2.45, 2.75) is 20.0 Å². The van der Waals surface area contributed by atoms with Gasteiger partial charge in [-0.15, -0.1) is 0 Å². The minimum Gasteiger partial charge on any atom is -0.309 e. The maximum Gasteiger partial charge on any atom is 0.124 e. The first-order valence-electron chi connectivity index (χ1n) is 5.71. The van der Waals surface area contributed by atoms with Crippen LogP contribution in [0.3, 0.4) is 0 Å². The summed E-state index contributed by atoms with van der Waals surface area (Å²) >= 11 is 5.94. The number of nitrogens with zero attached hydrogens (tertiary/aromatic N) is 1. The van der Waals surface area contributed by atoms with Gasteiger partial charge in [0.1, 0.15) is 5.82 Å². The molecule has 0 saturated heterocycles. The van der Waals surface area contributed by atoms with Crippen molar-refractivity contribution >= 4 is 11.6 Å². The summed E-state index contributed by atoms with van der Waals surface area (Å²) in [6.07, 6.45) is 1.84. The van der Waals surface area contributed by atoms with Crippen molar-refractivity contribution in [3.05, 3.63) is 64.2 Å². The van der Waals surface area contributed by atoms with Crippen LogP contribution < -0.4 is 5.32 Å². The summed E-state index contributed by atoms with van der Waals surface area (Å²) in [6, 6.07) is 8.43. The SMILES string of the molecule is Cc1ccc(CNCc2ccc(F)cc2Cl)cn1. The molecule has 0 aliphatic carbocycles. The summed E-state index contributed by atoms with van der Waals surface area (Å²) in [5.41, 5.74) is 3.00. The Hall–Kier alpha value is -1.45. The van der Waals surface area contributed by atoms with Crippen molar-refractivity contribution in [2.75, 3.05) is 0 Å². The van der Waals surface area contributed by atoms with E-state index in [9.17, 15) is 4.39 Å². The van der Waals surface area contributed by atoms with Gasteiger partial charge in [0, 0.05) is 30.0 Å². The van der Waals surface area contributed by atoms with Gasteiger partial charge in [0.05, 0.1) is 0 Å². The number of hydrogen-bond donors (Lipinski definition) is 1. The first-order valence-corrected chi connectivity index (χ1v) is 6.09. The number of aromatic nitrogens is 1. The van der Waals surface area contributed by atoms with Gasteiger partial charge in [-0.3, -0.25) is 4.98 Å². The van der Waals surface area contributed by atoms with Gasteiger partial charge >= 0.3 is 0 Å². The molecule has 0 spiro atoms. The Labute approximate surface area is 111 Å². The first-order chi connectivity index (χ1) is 8.65. The Bertz CT molecular complexity index is 526. The van der Waals surface area contributed by atoms with Crippen LogP contribution in [0, 0.1) is 12.7 Å². The Morgan fingerprint density at radius 2 is 2.06 bits per heavy atom. The summed E-state index contributed by atoms with van der Waals surface area (Å²) in [5, 5.41) is 3.70. The molecule has 0 fully saturated rings. The van der Waals surface area contributed by atoms with Crippen LogP contribution in [0.5, 0.6) is 0 Å². The van der Waals surface area contributed by atoms with E-state index in [2.05, 4.69) is 10.3 Å². The van der Waals surface area contributed by atoms with Gasteiger partial charge in [-0.25, -0.2) is 4.39 Å². The van der Waals surface area contributed by atoms with Gasteiger partial charge in [-0.2, -0.15) is 0 Å². The molecular formula is C14H14ClFN2. The standard InChI is InChI=1S/C14H14ClFN2/c1-10-2-3-11(8-18-10)7-17-9-12-4-5-13(16)6-14(12)15/h2-6,8,17H,7,9H2,1H3. The second-order valence-corrected chi connectivity index (χ2v) is 4.55. The van der Waals surface area contributed by atoms with Gasteiger partial charge < -0.3 is 5.32 Å². The number of pyridine rings is 1. The van der Waals surface area contributed by atoms with E-state index in [-0.39, 0.29) is 5.82 Å². The van der Waals surface area contributed by atoms with Crippen LogP contribution in [0.4, 0.5) is 4.39 Å². The summed E-state index contributed by atoms with van der Waals surface area (Å²) in [7, 11) is 0. The molecule has 0 amide bonds. The highest BCUT2D eigenvalue weighted by Crippen LogP contribution is 2.16. The maximum atomic E-state index is 12.9. The fourth-order valence-corrected chi connectivity index (χ4v) is 1.84. The zero-order valence-electron chi connectivity index (χ0n) is 10.1. The Kier molecular flexibility index (Phi) is 4.28. The number of aryl methyl sites for hydroxylation is 1. The predicted octanol–water partition coefficient (Wildman–Crippen LogP) is 3.47. The number of rotatable bonds is 4. The van der Waals surface area contributed by atoms with Crippen molar-refractivity contribution in [3.8, 4) is 0 Å². The average molecular weight is 265 g/mol. The lowest BCUT2D eigenvalue weighted by molar-refractivity contribution is 0.625. The summed E-state index contributed by atoms with van der Waals surface area (Å²) in [5.74, 6) is -0.313. The highest BCUT2D eigenvalue weighted by molar-refractivity contribution is 6.31. The molecule has 1 heterocycles. The third-order valence-electron chi connectivity index (χ3n) is 2.63. The first kappa shape index (κ1) is 13.0. The third-order valence-corrected chi connectivity index (χ3v) is 2.98. The molecule has 0 saturated carbocycles. The van der Waals surface area contributed by atoms with Crippen LogP contribution in [0.25, 0.3) is 0 Å². The Balaban J connectivity index is 1.90. The second kappa shape index (κ2) is 5.94. The summed E-state index contributed by atoms with van der Waals surface area (Å²) < 4.78 is 12.9. The average Bonchev–Trinajstić information content (AvgIpc) is 2.34. The van der Waals surface area contributed by atoms with E-state index in [0.29, 0.717) is 18.1 Å². The number of benzene rings is 1. The van der Waals surface area contributed by atoms with E-state index in [1.807, 2.05) is 25.3 Å². The summed E-state index contributed by atoms with van der Waals surface area (Å²) in [4.78, 5) is 4.22. The van der Waals surface area contributed by atoms with Gasteiger partial charge in [0.25, 0.3) is 0 Å². The molecule has 2 aromatic rings.